The molecule has 0 bridgehead atoms. The monoisotopic (exact) mass is 2480 g/mol. The van der Waals surface area contributed by atoms with E-state index in [9.17, 15) is 43.8 Å². The highest BCUT2D eigenvalue weighted by Crippen LogP contribution is 2.50. The second-order valence-electron chi connectivity index (χ2n) is 33.4. The number of amides is 3. The van der Waals surface area contributed by atoms with Crippen LogP contribution >= 0.6 is 146 Å². The molecule has 145 heavy (non-hydrogen) atoms. The largest absolute Gasteiger partial charge is 0.496 e. The molecule has 0 radical (unpaired) electrons. The van der Waals surface area contributed by atoms with Crippen LogP contribution in [0.25, 0.3) is 67.2 Å². The molecule has 7 N–H and O–H groups in total. The molecule has 6 aromatic heterocycles. The first-order valence-electron chi connectivity index (χ1n) is 46.5. The van der Waals surface area contributed by atoms with Gasteiger partial charge in [0.1, 0.15) is 63.4 Å². The van der Waals surface area contributed by atoms with E-state index in [1.54, 1.807) is 109 Å². The predicted octanol–water partition coefficient (Wildman–Crippen LogP) is 25.4. The Morgan fingerprint density at radius 3 is 1.21 bits per heavy atom. The lowest BCUT2D eigenvalue weighted by Crippen LogP contribution is -2.43. The van der Waals surface area contributed by atoms with Crippen molar-refractivity contribution >= 4 is 187 Å². The molecule has 3 amide bonds. The molecule has 2 unspecified atom stereocenters. The Morgan fingerprint density at radius 2 is 0.821 bits per heavy atom. The van der Waals surface area contributed by atoms with Gasteiger partial charge in [0, 0.05) is 85.2 Å². The molecule has 11 heterocycles. The molecule has 0 saturated carbocycles. The highest BCUT2D eigenvalue weighted by molar-refractivity contribution is 9.11. The van der Waals surface area contributed by atoms with Gasteiger partial charge < -0.3 is 97.7 Å². The Kier molecular flexibility index (Phi) is 41.5. The number of aromatic carboxylic acids is 1. The molecular formula is C107H113Br7N8O20S3. The quantitative estimate of drug-likeness (QED) is 0.0229. The number of carbonyl (C=O) groups excluding carboxylic acids is 4. The van der Waals surface area contributed by atoms with E-state index in [-0.39, 0.29) is 30.6 Å². The normalized spacial score (nSPS) is 13.4. The second-order valence-corrected chi connectivity index (χ2v) is 41.7. The number of nitrogens with two attached hydrogens (primary N) is 1. The SMILES string of the molecule is CCN(C(=O)c1cc(-c2ccsc2)c2n1CCc1cc(Br)c(OC)cc1-2)C(C)C.CCOC(=O)N1CCc2cc(Br)c(OC)cc2C1C(=O)O.CCOC(=O)NCCc1ccc(OC)c(Br)c1.CCOC(=O)c1cc(-c2ccsc2)c2n1CCc1cc(Br)c(OC)cc1-2.COc1cc2c(cc1Br)CCNC2C(=O)O.COc1cc2c(cc1Br)CCn1c(C(=O)O)cc(-c3ccsc3)c1-2.COc1ccc(CCN)cc1Br. The van der Waals surface area contributed by atoms with Crippen molar-refractivity contribution in [3.8, 4) is 107 Å². The van der Waals surface area contributed by atoms with Crippen molar-refractivity contribution in [3.63, 3.8) is 0 Å². The Labute approximate surface area is 913 Å². The van der Waals surface area contributed by atoms with Gasteiger partial charge in [-0.2, -0.15) is 34.0 Å². The zero-order valence-corrected chi connectivity index (χ0v) is 95.6. The maximum Gasteiger partial charge on any atom is 0.410 e. The van der Waals surface area contributed by atoms with Crippen molar-refractivity contribution < 1.29 is 96.2 Å². The van der Waals surface area contributed by atoms with E-state index in [0.29, 0.717) is 87.4 Å². The molecule has 0 saturated heterocycles. The molecule has 5 aliphatic heterocycles. The number of hydrogen-bond acceptors (Lipinski definition) is 22. The maximum absolute atomic E-state index is 13.4. The average Bonchev–Trinajstić information content (AvgIpc) is 1.60. The van der Waals surface area contributed by atoms with Crippen LogP contribution in [0.5, 0.6) is 40.2 Å². The number of carboxylic acid groups (broad SMARTS) is 3. The summed E-state index contributed by atoms with van der Waals surface area (Å²) in [5, 5.41) is 46.3. The van der Waals surface area contributed by atoms with E-state index >= 15 is 0 Å². The van der Waals surface area contributed by atoms with Gasteiger partial charge in [-0.3, -0.25) is 14.5 Å². The van der Waals surface area contributed by atoms with Gasteiger partial charge in [-0.05, 0) is 425 Å². The molecule has 38 heteroatoms. The van der Waals surface area contributed by atoms with Gasteiger partial charge >= 0.3 is 36.1 Å². The van der Waals surface area contributed by atoms with Crippen molar-refractivity contribution in [2.75, 3.05) is 102 Å². The molecule has 768 valence electrons. The number of aromatic nitrogens is 3. The first-order valence-corrected chi connectivity index (χ1v) is 54.8. The van der Waals surface area contributed by atoms with Gasteiger partial charge in [0.05, 0.1) is 118 Å². The number of carboxylic acids is 3. The average molecular weight is 2490 g/mol. The summed E-state index contributed by atoms with van der Waals surface area (Å²) in [6.07, 6.45) is 4.61. The fourth-order valence-corrected chi connectivity index (χ4v) is 23.7. The lowest BCUT2D eigenvalue weighted by Gasteiger charge is -2.34. The number of ether oxygens (including phenoxy) is 10. The molecule has 7 aromatic carbocycles. The van der Waals surface area contributed by atoms with Gasteiger partial charge in [-0.25, -0.2) is 24.0 Å². The molecule has 13 aromatic rings. The highest BCUT2D eigenvalue weighted by Gasteiger charge is 2.39. The van der Waals surface area contributed by atoms with Crippen LogP contribution in [-0.4, -0.2) is 189 Å². The standard InChI is InChI=1S/C23H25BrN2O2S.C20H18BrNO3S.C18H14BrNO3S.C14H16BrNO5.C12H16BrNO3.C11H12BrNO3.C9H12BrNO/c1-5-25(14(2)3)23(27)20-11-17(16-7-9-29-13-16)22-18-12-21(28-4)19(24)10-15(18)6-8-26(20)22;1-3-25-20(23)17-9-14(13-5-7-26-11-13)19-15-10-18(24-2)16(21)8-12(15)4-6-22(17)19;1-23-16-8-13-10(6-14(16)19)2-4-20-15(18(21)22)7-12(17(13)20)11-3-5-24-9-11;1-3-21-14(19)16-5-4-8-6-10(15)11(20-2)7-9(8)12(16)13(17)18;1-3-17-12(15)14-7-6-9-4-5-11(16-2)10(13)8-9;1-16-9-5-7-6(4-8(9)12)2-3-13-10(7)11(14)15;1-12-9-3-2-7(4-5-11)6-8(9)10/h7,9-14H,5-6,8H2,1-4H3;5,7-11H,3-4,6H2,1-2H3;3,5-9H,2,4H2,1H3,(H,21,22);6-7,12H,3-5H2,1-2H3,(H,17,18);4-5,8H,3,6-7H2,1-2H3,(H,14,15);4-5,10,13H,2-3H2,1H3,(H,14,15);2-3,6H,4-5,11H2,1H3. The summed E-state index contributed by atoms with van der Waals surface area (Å²) in [5.41, 5.74) is 29.3. The molecule has 5 aliphatic rings. The third-order valence-corrected chi connectivity index (χ3v) is 31.0. The highest BCUT2D eigenvalue weighted by atomic mass is 79.9. The van der Waals surface area contributed by atoms with Crippen LogP contribution < -0.4 is 49.5 Å². The second kappa shape index (κ2) is 53.2. The molecule has 2 atom stereocenters. The van der Waals surface area contributed by atoms with E-state index in [1.807, 2.05) is 101 Å². The van der Waals surface area contributed by atoms with Gasteiger partial charge in [-0.15, -0.1) is 0 Å². The minimum absolute atomic E-state index is 0.0951. The lowest BCUT2D eigenvalue weighted by atomic mass is 9.92. The minimum Gasteiger partial charge on any atom is -0.496 e. The number of aryl methyl sites for hydroxylation is 3. The van der Waals surface area contributed by atoms with Crippen LogP contribution in [0.1, 0.15) is 135 Å². The first-order chi connectivity index (χ1) is 69.7. The van der Waals surface area contributed by atoms with Crippen molar-refractivity contribution in [1.29, 1.82) is 0 Å². The maximum atomic E-state index is 13.4. The van der Waals surface area contributed by atoms with Crippen molar-refractivity contribution in [1.82, 2.24) is 34.1 Å². The van der Waals surface area contributed by atoms with E-state index < -0.39 is 36.1 Å². The first kappa shape index (κ1) is 113. The number of halogens is 7. The molecular weight excluding hydrogens is 2370 g/mol. The lowest BCUT2D eigenvalue weighted by molar-refractivity contribution is -0.143. The summed E-state index contributed by atoms with van der Waals surface area (Å²) >= 11 is 29.3. The number of methoxy groups -OCH3 is 7. The van der Waals surface area contributed by atoms with E-state index in [1.165, 1.54) is 34.3 Å². The molecule has 28 nitrogen and oxygen atoms in total. The fraction of sp³-hybridized carbons (Fsp3) is 0.318. The van der Waals surface area contributed by atoms with E-state index in [2.05, 4.69) is 215 Å². The smallest absolute Gasteiger partial charge is 0.410 e. The molecule has 0 aliphatic carbocycles. The molecule has 0 fully saturated rings. The fourth-order valence-electron chi connectivity index (χ4n) is 17.7. The van der Waals surface area contributed by atoms with Gasteiger partial charge in [-0.1, -0.05) is 12.1 Å². The Hall–Kier alpha value is -10.8. The van der Waals surface area contributed by atoms with Crippen molar-refractivity contribution in [2.24, 2.45) is 5.73 Å². The molecule has 18 rings (SSSR count). The summed E-state index contributed by atoms with van der Waals surface area (Å²) in [4.78, 5) is 86.5. The number of esters is 1. The van der Waals surface area contributed by atoms with Crippen LogP contribution in [0, 0.1) is 0 Å². The summed E-state index contributed by atoms with van der Waals surface area (Å²) in [7, 11) is 11.3. The number of nitrogens with zero attached hydrogens (tertiary/aromatic N) is 5. The number of thiophene rings is 3. The van der Waals surface area contributed by atoms with E-state index in [4.69, 9.17) is 58.2 Å². The topological polar surface area (TPSA) is 344 Å². The number of benzene rings is 7. The summed E-state index contributed by atoms with van der Waals surface area (Å²) in [5.74, 6) is 2.16. The van der Waals surface area contributed by atoms with Crippen molar-refractivity contribution in [3.05, 3.63) is 264 Å². The summed E-state index contributed by atoms with van der Waals surface area (Å²) in [6.45, 7) is 17.5. The number of nitrogens with one attached hydrogen (secondary N) is 2. The zero-order chi connectivity index (χ0) is 105. The number of fused-ring (bicyclic) bond motifs is 11. The summed E-state index contributed by atoms with van der Waals surface area (Å²) in [6, 6.07) is 42.0. The number of rotatable bonds is 25. The Balaban J connectivity index is 0.000000153. The van der Waals surface area contributed by atoms with Crippen molar-refractivity contribution in [2.45, 2.75) is 124 Å². The van der Waals surface area contributed by atoms with Gasteiger partial charge in [0.2, 0.25) is 0 Å². The van der Waals surface area contributed by atoms with Crippen LogP contribution in [0.15, 0.2) is 197 Å². The van der Waals surface area contributed by atoms with Gasteiger partial charge in [0.25, 0.3) is 5.91 Å². The summed E-state index contributed by atoms with van der Waals surface area (Å²) < 4.78 is 64.7. The minimum atomic E-state index is -1.09. The van der Waals surface area contributed by atoms with Crippen LogP contribution in [0.4, 0.5) is 9.59 Å². The van der Waals surface area contributed by atoms with E-state index in [0.717, 1.165) is 207 Å². The third kappa shape index (κ3) is 26.9. The molecule has 0 spiro atoms. The zero-order valence-electron chi connectivity index (χ0n) is 82.1. The van der Waals surface area contributed by atoms with Gasteiger partial charge in [0.15, 0.2) is 6.04 Å². The number of aliphatic carboxylic acids is 2. The Morgan fingerprint density at radius 1 is 0.434 bits per heavy atom. The Bertz CT molecular complexity index is 6790. The third-order valence-electron chi connectivity index (χ3n) is 24.6. The number of carbonyl (C=O) groups is 7. The predicted molar refractivity (Wildman–Crippen MR) is 592 cm³/mol. The van der Waals surface area contributed by atoms with Crippen LogP contribution in [-0.2, 0) is 88.4 Å². The number of alkyl carbamates (subject to hydrolysis) is 1. The van der Waals surface area contributed by atoms with Crippen LogP contribution in [0.2, 0.25) is 0 Å². The van der Waals surface area contributed by atoms with Crippen LogP contribution in [0.3, 0.4) is 0 Å². The number of hydrogen-bond donors (Lipinski definition) is 6.